The van der Waals surface area contributed by atoms with Gasteiger partial charge in [0.25, 0.3) is 5.91 Å². The summed E-state index contributed by atoms with van der Waals surface area (Å²) >= 11 is 0. The molecule has 1 saturated heterocycles. The average molecular weight is 339 g/mol. The Morgan fingerprint density at radius 2 is 2.04 bits per heavy atom. The van der Waals surface area contributed by atoms with Gasteiger partial charge in [0.2, 0.25) is 0 Å². The second kappa shape index (κ2) is 6.59. The topological polar surface area (TPSA) is 87.9 Å². The molecule has 132 valence electrons. The quantitative estimate of drug-likeness (QED) is 0.896. The monoisotopic (exact) mass is 339 g/mol. The van der Waals surface area contributed by atoms with Crippen molar-refractivity contribution in [3.63, 3.8) is 0 Å². The molecule has 1 aromatic carbocycles. The normalized spacial score (nSPS) is 23.7. The number of amides is 1. The van der Waals surface area contributed by atoms with Gasteiger partial charge >= 0.3 is 0 Å². The second-order valence-corrected chi connectivity index (χ2v) is 7.41. The van der Waals surface area contributed by atoms with Crippen LogP contribution in [0.15, 0.2) is 24.3 Å². The van der Waals surface area contributed by atoms with E-state index in [4.69, 9.17) is 5.73 Å². The SMILES string of the molecule is CC1CCN(C(=O)c2ccc(-c3n[nH]c(C4CC4)n3)cc2)C(CN)C1. The lowest BCUT2D eigenvalue weighted by molar-refractivity contribution is 0.0573. The van der Waals surface area contributed by atoms with Gasteiger partial charge in [0.05, 0.1) is 0 Å². The van der Waals surface area contributed by atoms with Gasteiger partial charge in [-0.3, -0.25) is 9.89 Å². The van der Waals surface area contributed by atoms with E-state index in [9.17, 15) is 4.79 Å². The predicted molar refractivity (Wildman–Crippen MR) is 96.1 cm³/mol. The van der Waals surface area contributed by atoms with Crippen molar-refractivity contribution >= 4 is 5.91 Å². The summed E-state index contributed by atoms with van der Waals surface area (Å²) in [6.07, 6.45) is 4.42. The van der Waals surface area contributed by atoms with Crippen LogP contribution in [0.3, 0.4) is 0 Å². The van der Waals surface area contributed by atoms with Gasteiger partial charge in [-0.05, 0) is 43.7 Å². The van der Waals surface area contributed by atoms with Crippen molar-refractivity contribution in [3.8, 4) is 11.4 Å². The first-order valence-corrected chi connectivity index (χ1v) is 9.19. The van der Waals surface area contributed by atoms with Crippen LogP contribution in [0.4, 0.5) is 0 Å². The molecule has 1 aromatic heterocycles. The number of nitrogens with one attached hydrogen (secondary N) is 1. The molecule has 2 fully saturated rings. The number of rotatable bonds is 4. The summed E-state index contributed by atoms with van der Waals surface area (Å²) in [4.78, 5) is 19.4. The van der Waals surface area contributed by atoms with Crippen LogP contribution in [-0.4, -0.2) is 45.1 Å². The van der Waals surface area contributed by atoms with Crippen LogP contribution in [0.25, 0.3) is 11.4 Å². The Bertz CT molecular complexity index is 749. The average Bonchev–Trinajstić information content (AvgIpc) is 3.38. The first-order chi connectivity index (χ1) is 12.2. The first-order valence-electron chi connectivity index (χ1n) is 9.19. The maximum absolute atomic E-state index is 12.9. The summed E-state index contributed by atoms with van der Waals surface area (Å²) in [5.74, 6) is 2.93. The zero-order valence-electron chi connectivity index (χ0n) is 14.6. The fourth-order valence-electron chi connectivity index (χ4n) is 3.61. The fraction of sp³-hybridized carbons (Fsp3) is 0.526. The van der Waals surface area contributed by atoms with E-state index in [1.54, 1.807) is 0 Å². The number of carbonyl (C=O) groups is 1. The lowest BCUT2D eigenvalue weighted by atomic mass is 9.92. The lowest BCUT2D eigenvalue weighted by Crippen LogP contribution is -2.49. The molecule has 0 radical (unpaired) electrons. The second-order valence-electron chi connectivity index (χ2n) is 7.41. The number of aromatic nitrogens is 3. The van der Waals surface area contributed by atoms with E-state index < -0.39 is 0 Å². The van der Waals surface area contributed by atoms with Gasteiger partial charge in [-0.15, -0.1) is 0 Å². The molecule has 25 heavy (non-hydrogen) atoms. The van der Waals surface area contributed by atoms with Gasteiger partial charge in [0, 0.05) is 36.2 Å². The summed E-state index contributed by atoms with van der Waals surface area (Å²) in [5.41, 5.74) is 7.53. The van der Waals surface area contributed by atoms with Crippen LogP contribution >= 0.6 is 0 Å². The molecule has 6 nitrogen and oxygen atoms in total. The van der Waals surface area contributed by atoms with E-state index >= 15 is 0 Å². The van der Waals surface area contributed by atoms with E-state index in [2.05, 4.69) is 22.1 Å². The highest BCUT2D eigenvalue weighted by atomic mass is 16.2. The molecule has 1 amide bonds. The van der Waals surface area contributed by atoms with Crippen LogP contribution < -0.4 is 5.73 Å². The number of nitrogens with zero attached hydrogens (tertiary/aromatic N) is 3. The third-order valence-corrected chi connectivity index (χ3v) is 5.37. The number of H-pyrrole nitrogens is 1. The molecular weight excluding hydrogens is 314 g/mol. The van der Waals surface area contributed by atoms with Crippen LogP contribution in [0, 0.1) is 5.92 Å². The Labute approximate surface area is 147 Å². The third-order valence-electron chi connectivity index (χ3n) is 5.37. The van der Waals surface area contributed by atoms with Crippen molar-refractivity contribution < 1.29 is 4.79 Å². The van der Waals surface area contributed by atoms with E-state index in [0.29, 0.717) is 29.8 Å². The van der Waals surface area contributed by atoms with Crippen molar-refractivity contribution in [2.24, 2.45) is 11.7 Å². The molecule has 6 heteroatoms. The smallest absolute Gasteiger partial charge is 0.254 e. The van der Waals surface area contributed by atoms with Crippen molar-refractivity contribution in [2.75, 3.05) is 13.1 Å². The fourth-order valence-corrected chi connectivity index (χ4v) is 3.61. The van der Waals surface area contributed by atoms with E-state index in [1.165, 1.54) is 12.8 Å². The van der Waals surface area contributed by atoms with Crippen molar-refractivity contribution in [3.05, 3.63) is 35.7 Å². The van der Waals surface area contributed by atoms with Crippen LogP contribution in [-0.2, 0) is 0 Å². The number of benzene rings is 1. The van der Waals surface area contributed by atoms with Crippen molar-refractivity contribution in [1.29, 1.82) is 0 Å². The van der Waals surface area contributed by atoms with Crippen molar-refractivity contribution in [2.45, 2.75) is 44.6 Å². The zero-order valence-corrected chi connectivity index (χ0v) is 14.6. The molecule has 0 bridgehead atoms. The number of hydrogen-bond acceptors (Lipinski definition) is 4. The maximum Gasteiger partial charge on any atom is 0.254 e. The zero-order chi connectivity index (χ0) is 17.4. The van der Waals surface area contributed by atoms with Crippen LogP contribution in [0.5, 0.6) is 0 Å². The summed E-state index contributed by atoms with van der Waals surface area (Å²) in [6, 6.07) is 7.74. The minimum atomic E-state index is 0.0718. The number of aromatic amines is 1. The Balaban J connectivity index is 1.49. The number of nitrogens with two attached hydrogens (primary N) is 1. The predicted octanol–water partition coefficient (Wildman–Crippen LogP) is 2.55. The first kappa shape index (κ1) is 16.3. The molecule has 2 unspecified atom stereocenters. The highest BCUT2D eigenvalue weighted by Crippen LogP contribution is 2.38. The summed E-state index contributed by atoms with van der Waals surface area (Å²) < 4.78 is 0. The van der Waals surface area contributed by atoms with Crippen LogP contribution in [0.1, 0.15) is 54.7 Å². The molecule has 2 aromatic rings. The number of likely N-dealkylation sites (tertiary alicyclic amines) is 1. The third kappa shape index (κ3) is 3.31. The molecule has 4 rings (SSSR count). The molecule has 3 N–H and O–H groups in total. The molecule has 0 spiro atoms. The maximum atomic E-state index is 12.9. The van der Waals surface area contributed by atoms with Gasteiger partial charge in [-0.25, -0.2) is 4.98 Å². The van der Waals surface area contributed by atoms with Gasteiger partial charge < -0.3 is 10.6 Å². The Kier molecular flexibility index (Phi) is 4.29. The molecule has 1 aliphatic carbocycles. The molecule has 1 saturated carbocycles. The number of piperidine rings is 1. The standard InChI is InChI=1S/C19H25N5O/c1-12-8-9-24(16(10-12)11-20)19(25)15-6-4-14(5-7-15)18-21-17(22-23-18)13-2-3-13/h4-7,12-13,16H,2-3,8-11,20H2,1H3,(H,21,22,23). The van der Waals surface area contributed by atoms with Gasteiger partial charge in [-0.1, -0.05) is 19.1 Å². The van der Waals surface area contributed by atoms with E-state index in [-0.39, 0.29) is 11.9 Å². The molecule has 2 heterocycles. The molecule has 2 atom stereocenters. The Hall–Kier alpha value is -2.21. The summed E-state index contributed by atoms with van der Waals surface area (Å²) in [7, 11) is 0. The highest BCUT2D eigenvalue weighted by molar-refractivity contribution is 5.95. The van der Waals surface area contributed by atoms with E-state index in [1.807, 2.05) is 29.2 Å². The highest BCUT2D eigenvalue weighted by Gasteiger charge is 2.30. The van der Waals surface area contributed by atoms with Crippen molar-refractivity contribution in [1.82, 2.24) is 20.1 Å². The number of hydrogen-bond donors (Lipinski definition) is 2. The molecule has 2 aliphatic rings. The molecule has 1 aliphatic heterocycles. The van der Waals surface area contributed by atoms with Gasteiger partial charge in [0.1, 0.15) is 5.82 Å². The van der Waals surface area contributed by atoms with Gasteiger partial charge in [-0.2, -0.15) is 5.10 Å². The largest absolute Gasteiger partial charge is 0.334 e. The van der Waals surface area contributed by atoms with Gasteiger partial charge in [0.15, 0.2) is 5.82 Å². The number of carbonyl (C=O) groups excluding carboxylic acids is 1. The minimum Gasteiger partial charge on any atom is -0.334 e. The molecular formula is C19H25N5O. The minimum absolute atomic E-state index is 0.0718. The summed E-state index contributed by atoms with van der Waals surface area (Å²) in [6.45, 7) is 3.54. The van der Waals surface area contributed by atoms with Crippen LogP contribution in [0.2, 0.25) is 0 Å². The Morgan fingerprint density at radius 3 is 2.72 bits per heavy atom. The summed E-state index contributed by atoms with van der Waals surface area (Å²) in [5, 5.41) is 7.32. The lowest BCUT2D eigenvalue weighted by Gasteiger charge is -2.38. The van der Waals surface area contributed by atoms with E-state index in [0.717, 1.165) is 30.8 Å². The Morgan fingerprint density at radius 1 is 1.28 bits per heavy atom.